The molecule has 0 unspecified atom stereocenters. The van der Waals surface area contributed by atoms with Crippen LogP contribution in [0, 0.1) is 5.92 Å². The SMILES string of the molecule is C[C@H](NC/C=C/Cl)C1CCCCC1. The molecule has 0 spiro atoms. The predicted octanol–water partition coefficient (Wildman–Crippen LogP) is 3.30. The lowest BCUT2D eigenvalue weighted by Gasteiger charge is -2.28. The highest BCUT2D eigenvalue weighted by Gasteiger charge is 2.18. The average Bonchev–Trinajstić information content (AvgIpc) is 2.19. The standard InChI is InChI=1S/C11H20ClN/c1-10(13-9-5-8-12)11-6-3-2-4-7-11/h5,8,10-11,13H,2-4,6-7,9H2,1H3/b8-5+/t10-/m0/s1. The van der Waals surface area contributed by atoms with Crippen molar-refractivity contribution >= 4 is 11.6 Å². The van der Waals surface area contributed by atoms with Gasteiger partial charge in [0.25, 0.3) is 0 Å². The van der Waals surface area contributed by atoms with Gasteiger partial charge in [0, 0.05) is 18.1 Å². The number of hydrogen-bond donors (Lipinski definition) is 1. The number of hydrogen-bond acceptors (Lipinski definition) is 1. The maximum atomic E-state index is 5.45. The Hall–Kier alpha value is -0.0100. The molecular weight excluding hydrogens is 182 g/mol. The van der Waals surface area contributed by atoms with Gasteiger partial charge < -0.3 is 5.32 Å². The normalized spacial score (nSPS) is 22.3. The van der Waals surface area contributed by atoms with Gasteiger partial charge in [-0.2, -0.15) is 0 Å². The highest BCUT2D eigenvalue weighted by atomic mass is 35.5. The van der Waals surface area contributed by atoms with Crippen LogP contribution in [0.25, 0.3) is 0 Å². The lowest BCUT2D eigenvalue weighted by molar-refractivity contribution is 0.287. The van der Waals surface area contributed by atoms with E-state index >= 15 is 0 Å². The Morgan fingerprint density at radius 2 is 2.08 bits per heavy atom. The van der Waals surface area contributed by atoms with Crippen molar-refractivity contribution in [2.24, 2.45) is 5.92 Å². The molecule has 1 saturated carbocycles. The Balaban J connectivity index is 2.16. The van der Waals surface area contributed by atoms with Gasteiger partial charge in [0.1, 0.15) is 0 Å². The molecule has 1 aliphatic carbocycles. The molecule has 0 saturated heterocycles. The molecule has 1 nitrogen and oxygen atoms in total. The minimum atomic E-state index is 0.646. The van der Waals surface area contributed by atoms with E-state index in [0.717, 1.165) is 12.5 Å². The van der Waals surface area contributed by atoms with Gasteiger partial charge in [-0.1, -0.05) is 36.9 Å². The van der Waals surface area contributed by atoms with E-state index < -0.39 is 0 Å². The van der Waals surface area contributed by atoms with Gasteiger partial charge in [-0.15, -0.1) is 0 Å². The van der Waals surface area contributed by atoms with E-state index in [9.17, 15) is 0 Å². The molecule has 0 amide bonds. The van der Waals surface area contributed by atoms with Gasteiger partial charge in [-0.25, -0.2) is 0 Å². The summed E-state index contributed by atoms with van der Waals surface area (Å²) in [6.07, 6.45) is 9.03. The van der Waals surface area contributed by atoms with Crippen molar-refractivity contribution in [2.45, 2.75) is 45.1 Å². The lowest BCUT2D eigenvalue weighted by Crippen LogP contribution is -2.34. The number of nitrogens with one attached hydrogen (secondary N) is 1. The van der Waals surface area contributed by atoms with Gasteiger partial charge in [-0.3, -0.25) is 0 Å². The predicted molar refractivity (Wildman–Crippen MR) is 59.0 cm³/mol. The van der Waals surface area contributed by atoms with Crippen molar-refractivity contribution in [2.75, 3.05) is 6.54 Å². The fourth-order valence-corrected chi connectivity index (χ4v) is 2.19. The second kappa shape index (κ2) is 6.44. The quantitative estimate of drug-likeness (QED) is 0.736. The largest absolute Gasteiger partial charge is 0.310 e. The van der Waals surface area contributed by atoms with Gasteiger partial charge in [0.15, 0.2) is 0 Å². The zero-order valence-electron chi connectivity index (χ0n) is 8.43. The Kier molecular flexibility index (Phi) is 5.49. The lowest BCUT2D eigenvalue weighted by atomic mass is 9.84. The van der Waals surface area contributed by atoms with Gasteiger partial charge in [-0.05, 0) is 25.7 Å². The Labute approximate surface area is 86.5 Å². The molecule has 0 aromatic heterocycles. The molecule has 0 aliphatic heterocycles. The van der Waals surface area contributed by atoms with E-state index in [1.165, 1.54) is 32.1 Å². The Bertz CT molecular complexity index is 150. The summed E-state index contributed by atoms with van der Waals surface area (Å²) in [5.41, 5.74) is 1.58. The Morgan fingerprint density at radius 1 is 1.38 bits per heavy atom. The van der Waals surface area contributed by atoms with E-state index in [1.54, 1.807) is 5.54 Å². The van der Waals surface area contributed by atoms with Crippen LogP contribution in [-0.2, 0) is 0 Å². The van der Waals surface area contributed by atoms with Crippen molar-refractivity contribution in [3.63, 3.8) is 0 Å². The van der Waals surface area contributed by atoms with Crippen LogP contribution < -0.4 is 5.32 Å². The molecule has 1 fully saturated rings. The van der Waals surface area contributed by atoms with Crippen molar-refractivity contribution < 1.29 is 0 Å². The smallest absolute Gasteiger partial charge is 0.0149 e. The highest BCUT2D eigenvalue weighted by Crippen LogP contribution is 2.26. The van der Waals surface area contributed by atoms with Crippen LogP contribution in [0.3, 0.4) is 0 Å². The summed E-state index contributed by atoms with van der Waals surface area (Å²) in [7, 11) is 0. The number of halogens is 1. The monoisotopic (exact) mass is 201 g/mol. The van der Waals surface area contributed by atoms with Gasteiger partial charge in [0.05, 0.1) is 0 Å². The van der Waals surface area contributed by atoms with Crippen LogP contribution in [-0.4, -0.2) is 12.6 Å². The van der Waals surface area contributed by atoms with E-state index in [4.69, 9.17) is 11.6 Å². The van der Waals surface area contributed by atoms with Crippen molar-refractivity contribution in [3.8, 4) is 0 Å². The molecule has 0 heterocycles. The fourth-order valence-electron chi connectivity index (χ4n) is 2.10. The molecule has 2 heteroatoms. The second-order valence-electron chi connectivity index (χ2n) is 3.96. The first kappa shape index (κ1) is 11.1. The summed E-state index contributed by atoms with van der Waals surface area (Å²) < 4.78 is 0. The zero-order valence-corrected chi connectivity index (χ0v) is 9.19. The molecule has 1 atom stereocenters. The maximum Gasteiger partial charge on any atom is 0.0149 e. The third kappa shape index (κ3) is 4.15. The van der Waals surface area contributed by atoms with Crippen LogP contribution in [0.1, 0.15) is 39.0 Å². The summed E-state index contributed by atoms with van der Waals surface area (Å²) in [5, 5.41) is 3.48. The summed E-state index contributed by atoms with van der Waals surface area (Å²) in [5.74, 6) is 0.887. The zero-order chi connectivity index (χ0) is 9.52. The summed E-state index contributed by atoms with van der Waals surface area (Å²) in [6.45, 7) is 3.19. The van der Waals surface area contributed by atoms with Crippen molar-refractivity contribution in [1.29, 1.82) is 0 Å². The molecule has 0 aromatic carbocycles. The molecule has 1 N–H and O–H groups in total. The third-order valence-electron chi connectivity index (χ3n) is 3.00. The van der Waals surface area contributed by atoms with E-state index in [0.29, 0.717) is 6.04 Å². The Morgan fingerprint density at radius 3 is 2.69 bits per heavy atom. The van der Waals surface area contributed by atoms with E-state index in [2.05, 4.69) is 12.2 Å². The molecule has 0 radical (unpaired) electrons. The van der Waals surface area contributed by atoms with Crippen LogP contribution in [0.5, 0.6) is 0 Å². The third-order valence-corrected chi connectivity index (χ3v) is 3.18. The minimum Gasteiger partial charge on any atom is -0.310 e. The molecule has 1 rings (SSSR count). The van der Waals surface area contributed by atoms with Crippen LogP contribution in [0.2, 0.25) is 0 Å². The summed E-state index contributed by atoms with van der Waals surface area (Å²) >= 11 is 5.45. The minimum absolute atomic E-state index is 0.646. The van der Waals surface area contributed by atoms with Crippen molar-refractivity contribution in [1.82, 2.24) is 5.32 Å². The number of rotatable bonds is 4. The molecule has 1 aliphatic rings. The van der Waals surface area contributed by atoms with Gasteiger partial charge >= 0.3 is 0 Å². The van der Waals surface area contributed by atoms with E-state index in [1.807, 2.05) is 6.08 Å². The first-order chi connectivity index (χ1) is 6.34. The van der Waals surface area contributed by atoms with Crippen LogP contribution >= 0.6 is 11.6 Å². The molecule has 13 heavy (non-hydrogen) atoms. The van der Waals surface area contributed by atoms with Crippen LogP contribution in [0.4, 0.5) is 0 Å². The average molecular weight is 202 g/mol. The first-order valence-electron chi connectivity index (χ1n) is 5.33. The molecule has 0 aromatic rings. The van der Waals surface area contributed by atoms with Gasteiger partial charge in [0.2, 0.25) is 0 Å². The fraction of sp³-hybridized carbons (Fsp3) is 0.818. The first-order valence-corrected chi connectivity index (χ1v) is 5.77. The second-order valence-corrected chi connectivity index (χ2v) is 4.21. The maximum absolute atomic E-state index is 5.45. The summed E-state index contributed by atoms with van der Waals surface area (Å²) in [6, 6.07) is 0.646. The highest BCUT2D eigenvalue weighted by molar-refractivity contribution is 6.25. The van der Waals surface area contributed by atoms with Crippen molar-refractivity contribution in [3.05, 3.63) is 11.6 Å². The topological polar surface area (TPSA) is 12.0 Å². The molecule has 76 valence electrons. The van der Waals surface area contributed by atoms with E-state index in [-0.39, 0.29) is 0 Å². The van der Waals surface area contributed by atoms with Crippen LogP contribution in [0.15, 0.2) is 11.6 Å². The summed E-state index contributed by atoms with van der Waals surface area (Å²) in [4.78, 5) is 0. The molecular formula is C11H20ClN. The molecule has 0 bridgehead atoms.